The summed E-state index contributed by atoms with van der Waals surface area (Å²) in [5, 5.41) is 7.11. The minimum Gasteiger partial charge on any atom is -0.317 e. The number of benzene rings is 1. The molecule has 1 aliphatic heterocycles. The van der Waals surface area contributed by atoms with E-state index >= 15 is 0 Å². The maximum atomic E-state index is 3.70. The maximum absolute atomic E-state index is 3.70. The van der Waals surface area contributed by atoms with Gasteiger partial charge in [-0.05, 0) is 76.4 Å². The lowest BCUT2D eigenvalue weighted by molar-refractivity contribution is 0.389. The van der Waals surface area contributed by atoms with Crippen molar-refractivity contribution >= 4 is 0 Å². The van der Waals surface area contributed by atoms with Crippen LogP contribution in [0, 0.1) is 20.8 Å². The van der Waals surface area contributed by atoms with Crippen LogP contribution in [0.15, 0.2) is 12.1 Å². The summed E-state index contributed by atoms with van der Waals surface area (Å²) in [6.45, 7) is 10.1. The molecule has 2 heteroatoms. The summed E-state index contributed by atoms with van der Waals surface area (Å²) in [5.41, 5.74) is 5.79. The molecule has 0 bridgehead atoms. The summed E-state index contributed by atoms with van der Waals surface area (Å²) in [7, 11) is 0. The van der Waals surface area contributed by atoms with Crippen LogP contribution in [0.25, 0.3) is 0 Å². The van der Waals surface area contributed by atoms with Crippen LogP contribution >= 0.6 is 0 Å². The van der Waals surface area contributed by atoms with E-state index in [1.54, 1.807) is 0 Å². The Morgan fingerprint density at radius 3 is 2.33 bits per heavy atom. The molecule has 1 heterocycles. The smallest absolute Gasteiger partial charge is 0.00913 e. The Balaban J connectivity index is 1.86. The lowest BCUT2D eigenvalue weighted by atomic mass is 9.97. The van der Waals surface area contributed by atoms with Crippen LogP contribution in [0.2, 0.25) is 0 Å². The van der Waals surface area contributed by atoms with E-state index in [2.05, 4.69) is 43.5 Å². The first-order valence-electron chi connectivity index (χ1n) is 7.17. The fourth-order valence-corrected chi connectivity index (χ4v) is 3.03. The molecule has 1 fully saturated rings. The second kappa shape index (κ2) is 6.35. The van der Waals surface area contributed by atoms with Crippen molar-refractivity contribution in [3.8, 4) is 0 Å². The fraction of sp³-hybridized carbons (Fsp3) is 0.625. The Kier molecular flexibility index (Phi) is 4.79. The third kappa shape index (κ3) is 3.56. The van der Waals surface area contributed by atoms with Crippen molar-refractivity contribution in [3.05, 3.63) is 34.4 Å². The molecule has 1 aromatic rings. The van der Waals surface area contributed by atoms with Crippen LogP contribution in [-0.4, -0.2) is 25.7 Å². The molecule has 0 radical (unpaired) electrons. The van der Waals surface area contributed by atoms with Crippen LogP contribution in [0.1, 0.15) is 35.1 Å². The van der Waals surface area contributed by atoms with E-state index in [9.17, 15) is 0 Å². The van der Waals surface area contributed by atoms with E-state index in [0.717, 1.165) is 19.0 Å². The maximum Gasteiger partial charge on any atom is 0.00913 e. The number of nitrogens with one attached hydrogen (secondary N) is 2. The molecule has 1 saturated heterocycles. The molecule has 0 atom stereocenters. The van der Waals surface area contributed by atoms with Crippen molar-refractivity contribution in [2.45, 2.75) is 46.1 Å². The van der Waals surface area contributed by atoms with Crippen molar-refractivity contribution in [1.82, 2.24) is 10.6 Å². The number of piperidine rings is 1. The first-order valence-corrected chi connectivity index (χ1v) is 7.17. The summed E-state index contributed by atoms with van der Waals surface area (Å²) in [6, 6.07) is 5.32. The van der Waals surface area contributed by atoms with Gasteiger partial charge in [0.2, 0.25) is 0 Å². The fourth-order valence-electron chi connectivity index (χ4n) is 3.03. The molecule has 1 aliphatic rings. The standard InChI is InChI=1S/C16H26N2/c1-12-10-13(2)16(14(3)11-12)6-9-18-15-4-7-17-8-5-15/h10-11,15,17-18H,4-9H2,1-3H3. The number of aryl methyl sites for hydroxylation is 3. The second-order valence-electron chi connectivity index (χ2n) is 5.61. The molecule has 0 amide bonds. The molecule has 0 aromatic heterocycles. The highest BCUT2D eigenvalue weighted by molar-refractivity contribution is 5.37. The van der Waals surface area contributed by atoms with Gasteiger partial charge >= 0.3 is 0 Å². The average molecular weight is 246 g/mol. The zero-order valence-corrected chi connectivity index (χ0v) is 12.0. The Bertz CT molecular complexity index is 369. The molecule has 0 spiro atoms. The highest BCUT2D eigenvalue weighted by Crippen LogP contribution is 2.16. The number of rotatable bonds is 4. The van der Waals surface area contributed by atoms with Gasteiger partial charge in [-0.25, -0.2) is 0 Å². The molecule has 18 heavy (non-hydrogen) atoms. The SMILES string of the molecule is Cc1cc(C)c(CCNC2CCNCC2)c(C)c1. The van der Waals surface area contributed by atoms with Gasteiger partial charge in [0, 0.05) is 6.04 Å². The lowest BCUT2D eigenvalue weighted by Crippen LogP contribution is -2.40. The van der Waals surface area contributed by atoms with Crippen LogP contribution in [0.4, 0.5) is 0 Å². The predicted octanol–water partition coefficient (Wildman–Crippen LogP) is 2.50. The van der Waals surface area contributed by atoms with Gasteiger partial charge in [-0.3, -0.25) is 0 Å². The van der Waals surface area contributed by atoms with Crippen molar-refractivity contribution in [2.75, 3.05) is 19.6 Å². The normalized spacial score (nSPS) is 17.1. The highest BCUT2D eigenvalue weighted by atomic mass is 15.0. The van der Waals surface area contributed by atoms with Crippen molar-refractivity contribution in [3.63, 3.8) is 0 Å². The van der Waals surface area contributed by atoms with E-state index in [1.165, 1.54) is 48.2 Å². The largest absolute Gasteiger partial charge is 0.317 e. The summed E-state index contributed by atoms with van der Waals surface area (Å²) in [4.78, 5) is 0. The summed E-state index contributed by atoms with van der Waals surface area (Å²) >= 11 is 0. The first-order chi connectivity index (χ1) is 8.66. The highest BCUT2D eigenvalue weighted by Gasteiger charge is 2.12. The molecule has 0 saturated carbocycles. The van der Waals surface area contributed by atoms with E-state index < -0.39 is 0 Å². The Morgan fingerprint density at radius 2 is 1.72 bits per heavy atom. The van der Waals surface area contributed by atoms with Gasteiger partial charge in [-0.1, -0.05) is 17.7 Å². The molecular weight excluding hydrogens is 220 g/mol. The first kappa shape index (κ1) is 13.6. The van der Waals surface area contributed by atoms with E-state index in [0.29, 0.717) is 0 Å². The van der Waals surface area contributed by atoms with Crippen LogP contribution in [-0.2, 0) is 6.42 Å². The van der Waals surface area contributed by atoms with Crippen LogP contribution in [0.3, 0.4) is 0 Å². The van der Waals surface area contributed by atoms with Gasteiger partial charge in [0.25, 0.3) is 0 Å². The van der Waals surface area contributed by atoms with Gasteiger partial charge in [0.1, 0.15) is 0 Å². The molecule has 2 nitrogen and oxygen atoms in total. The van der Waals surface area contributed by atoms with Crippen molar-refractivity contribution in [2.24, 2.45) is 0 Å². The molecule has 1 aromatic carbocycles. The topological polar surface area (TPSA) is 24.1 Å². The molecule has 100 valence electrons. The molecule has 0 unspecified atom stereocenters. The van der Waals surface area contributed by atoms with E-state index in [-0.39, 0.29) is 0 Å². The zero-order valence-electron chi connectivity index (χ0n) is 12.0. The molecule has 2 N–H and O–H groups in total. The minimum atomic E-state index is 0.720. The van der Waals surface area contributed by atoms with Gasteiger partial charge in [0.15, 0.2) is 0 Å². The predicted molar refractivity (Wildman–Crippen MR) is 78.3 cm³/mol. The minimum absolute atomic E-state index is 0.720. The molecule has 0 aliphatic carbocycles. The monoisotopic (exact) mass is 246 g/mol. The zero-order chi connectivity index (χ0) is 13.0. The van der Waals surface area contributed by atoms with Crippen LogP contribution < -0.4 is 10.6 Å². The third-order valence-electron chi connectivity index (χ3n) is 3.99. The van der Waals surface area contributed by atoms with E-state index in [4.69, 9.17) is 0 Å². The van der Waals surface area contributed by atoms with Crippen LogP contribution in [0.5, 0.6) is 0 Å². The summed E-state index contributed by atoms with van der Waals surface area (Å²) in [5.74, 6) is 0. The van der Waals surface area contributed by atoms with Gasteiger partial charge in [0.05, 0.1) is 0 Å². The average Bonchev–Trinajstić information content (AvgIpc) is 2.34. The van der Waals surface area contributed by atoms with Crippen molar-refractivity contribution in [1.29, 1.82) is 0 Å². The second-order valence-corrected chi connectivity index (χ2v) is 5.61. The third-order valence-corrected chi connectivity index (χ3v) is 3.99. The van der Waals surface area contributed by atoms with E-state index in [1.807, 2.05) is 0 Å². The quantitative estimate of drug-likeness (QED) is 0.853. The Labute approximate surface area is 111 Å². The van der Waals surface area contributed by atoms with Gasteiger partial charge < -0.3 is 10.6 Å². The molecular formula is C16H26N2. The number of hydrogen-bond donors (Lipinski definition) is 2. The Hall–Kier alpha value is -0.860. The summed E-state index contributed by atoms with van der Waals surface area (Å²) < 4.78 is 0. The number of hydrogen-bond acceptors (Lipinski definition) is 2. The Morgan fingerprint density at radius 1 is 1.11 bits per heavy atom. The lowest BCUT2D eigenvalue weighted by Gasteiger charge is -2.24. The molecule has 2 rings (SSSR count). The summed E-state index contributed by atoms with van der Waals surface area (Å²) in [6.07, 6.45) is 3.69. The van der Waals surface area contributed by atoms with Crippen molar-refractivity contribution < 1.29 is 0 Å². The van der Waals surface area contributed by atoms with Gasteiger partial charge in [-0.15, -0.1) is 0 Å². The van der Waals surface area contributed by atoms with Gasteiger partial charge in [-0.2, -0.15) is 0 Å².